The number of carbonyl (C=O) groups is 1. The van der Waals surface area contributed by atoms with Gasteiger partial charge in [0.05, 0.1) is 24.2 Å². The molecular weight excluding hydrogens is 405 g/mol. The van der Waals surface area contributed by atoms with Crippen LogP contribution in [0.4, 0.5) is 17.6 Å². The summed E-state index contributed by atoms with van der Waals surface area (Å²) in [4.78, 5) is 14.1. The van der Waals surface area contributed by atoms with Gasteiger partial charge in [0.25, 0.3) is 5.91 Å². The summed E-state index contributed by atoms with van der Waals surface area (Å²) in [6, 6.07) is 2.63. The molecule has 0 aromatic heterocycles. The molecule has 1 aromatic carbocycles. The van der Waals surface area contributed by atoms with Crippen molar-refractivity contribution in [2.24, 2.45) is 5.92 Å². The number of benzene rings is 1. The number of halogens is 4. The molecule has 0 aliphatic carbocycles. The Bertz CT molecular complexity index is 804. The van der Waals surface area contributed by atoms with Crippen molar-refractivity contribution < 1.29 is 36.4 Å². The minimum atomic E-state index is -4.29. The smallest absolute Gasteiger partial charge is 0.495 e. The van der Waals surface area contributed by atoms with E-state index >= 15 is 0 Å². The van der Waals surface area contributed by atoms with E-state index in [1.807, 2.05) is 27.7 Å². The molecule has 2 saturated heterocycles. The summed E-state index contributed by atoms with van der Waals surface area (Å²) >= 11 is 0. The average molecular weight is 431 g/mol. The molecule has 1 amide bonds. The monoisotopic (exact) mass is 431 g/mol. The van der Waals surface area contributed by atoms with Crippen molar-refractivity contribution in [1.82, 2.24) is 4.90 Å². The Kier molecular flexibility index (Phi) is 5.88. The van der Waals surface area contributed by atoms with Gasteiger partial charge in [-0.3, -0.25) is 4.79 Å². The van der Waals surface area contributed by atoms with Gasteiger partial charge in [-0.2, -0.15) is 13.2 Å². The van der Waals surface area contributed by atoms with Crippen LogP contribution in [0.3, 0.4) is 0 Å². The number of ether oxygens (including phenoxy) is 1. The Morgan fingerprint density at radius 1 is 1.13 bits per heavy atom. The Morgan fingerprint density at radius 2 is 1.67 bits per heavy atom. The predicted octanol–water partition coefficient (Wildman–Crippen LogP) is 3.55. The molecule has 2 aliphatic heterocycles. The van der Waals surface area contributed by atoms with Crippen LogP contribution in [0, 0.1) is 11.7 Å². The Balaban J connectivity index is 1.83. The summed E-state index contributed by atoms with van der Waals surface area (Å²) in [7, 11) is 0.459. The highest BCUT2D eigenvalue weighted by atomic mass is 19.4. The average Bonchev–Trinajstić information content (AvgIpc) is 2.87. The maximum absolute atomic E-state index is 15.0. The van der Waals surface area contributed by atoms with E-state index in [9.17, 15) is 22.4 Å². The maximum atomic E-state index is 15.0. The van der Waals surface area contributed by atoms with E-state index in [1.165, 1.54) is 18.1 Å². The molecule has 1 aromatic rings. The molecule has 0 bridgehead atoms. The third-order valence-electron chi connectivity index (χ3n) is 6.28. The van der Waals surface area contributed by atoms with Crippen LogP contribution in [0.15, 0.2) is 12.1 Å². The van der Waals surface area contributed by atoms with E-state index in [2.05, 4.69) is 0 Å². The van der Waals surface area contributed by atoms with Crippen molar-refractivity contribution in [2.45, 2.75) is 57.9 Å². The Labute approximate surface area is 173 Å². The molecule has 0 unspecified atom stereocenters. The quantitative estimate of drug-likeness (QED) is 0.543. The summed E-state index contributed by atoms with van der Waals surface area (Å²) in [5.41, 5.74) is -1.20. The molecule has 0 atom stereocenters. The standard InChI is InChI=1S/C20H26BF4NO4/c1-18(2)19(3,4)30-21(29-18)13-10-14(22)16(15(11-13)28-5)17(27)26-8-6-12(7-9-26)20(23,24)25/h10-12H,6-9H2,1-5H3. The van der Waals surface area contributed by atoms with E-state index in [0.29, 0.717) is 5.46 Å². The number of rotatable bonds is 3. The molecule has 0 radical (unpaired) electrons. The molecule has 2 fully saturated rings. The lowest BCUT2D eigenvalue weighted by Gasteiger charge is -2.33. The van der Waals surface area contributed by atoms with Crippen LogP contribution in [0.25, 0.3) is 0 Å². The molecule has 30 heavy (non-hydrogen) atoms. The summed E-state index contributed by atoms with van der Waals surface area (Å²) in [5.74, 6) is -2.98. The van der Waals surface area contributed by atoms with Crippen LogP contribution in [0.5, 0.6) is 5.75 Å². The second-order valence-corrected chi connectivity index (χ2v) is 8.78. The molecule has 0 spiro atoms. The second kappa shape index (κ2) is 7.71. The van der Waals surface area contributed by atoms with Crippen LogP contribution in [0.1, 0.15) is 50.9 Å². The highest BCUT2D eigenvalue weighted by Crippen LogP contribution is 2.38. The SMILES string of the molecule is COc1cc(B2OC(C)(C)C(C)(C)O2)cc(F)c1C(=O)N1CCC(C(F)(F)F)CC1. The summed E-state index contributed by atoms with van der Waals surface area (Å²) < 4.78 is 70.7. The topological polar surface area (TPSA) is 48.0 Å². The molecule has 2 aliphatic rings. The van der Waals surface area contributed by atoms with Crippen LogP contribution in [-0.4, -0.2) is 55.5 Å². The van der Waals surface area contributed by atoms with E-state index in [4.69, 9.17) is 14.0 Å². The number of alkyl halides is 3. The first-order valence-corrected chi connectivity index (χ1v) is 9.86. The van der Waals surface area contributed by atoms with Gasteiger partial charge < -0.3 is 18.9 Å². The zero-order chi connectivity index (χ0) is 22.5. The fraction of sp³-hybridized carbons (Fsp3) is 0.650. The largest absolute Gasteiger partial charge is 0.496 e. The van der Waals surface area contributed by atoms with Crippen molar-refractivity contribution >= 4 is 18.5 Å². The lowest BCUT2D eigenvalue weighted by atomic mass is 9.78. The molecule has 166 valence electrons. The normalized spacial score (nSPS) is 21.8. The molecular formula is C20H26BF4NO4. The summed E-state index contributed by atoms with van der Waals surface area (Å²) in [5, 5.41) is 0. The van der Waals surface area contributed by atoms with Gasteiger partial charge in [-0.25, -0.2) is 4.39 Å². The molecule has 5 nitrogen and oxygen atoms in total. The molecule has 10 heteroatoms. The van der Waals surface area contributed by atoms with Gasteiger partial charge in [-0.15, -0.1) is 0 Å². The van der Waals surface area contributed by atoms with Gasteiger partial charge in [-0.1, -0.05) is 0 Å². The fourth-order valence-corrected chi connectivity index (χ4v) is 3.65. The lowest BCUT2D eigenvalue weighted by molar-refractivity contribution is -0.183. The summed E-state index contributed by atoms with van der Waals surface area (Å²) in [6.45, 7) is 7.27. The van der Waals surface area contributed by atoms with Crippen molar-refractivity contribution in [3.05, 3.63) is 23.5 Å². The number of methoxy groups -OCH3 is 1. The first kappa shape index (κ1) is 22.9. The fourth-order valence-electron chi connectivity index (χ4n) is 3.65. The number of amides is 1. The van der Waals surface area contributed by atoms with Crippen molar-refractivity contribution in [2.75, 3.05) is 20.2 Å². The highest BCUT2D eigenvalue weighted by molar-refractivity contribution is 6.62. The van der Waals surface area contributed by atoms with Crippen molar-refractivity contribution in [3.63, 3.8) is 0 Å². The zero-order valence-electron chi connectivity index (χ0n) is 17.7. The second-order valence-electron chi connectivity index (χ2n) is 8.78. The van der Waals surface area contributed by atoms with Gasteiger partial charge in [0.1, 0.15) is 17.1 Å². The van der Waals surface area contributed by atoms with Crippen LogP contribution in [0.2, 0.25) is 0 Å². The first-order chi connectivity index (χ1) is 13.8. The van der Waals surface area contributed by atoms with Crippen molar-refractivity contribution in [3.8, 4) is 5.75 Å². The van der Waals surface area contributed by atoms with E-state index in [0.717, 1.165) is 6.07 Å². The Morgan fingerprint density at radius 3 is 2.13 bits per heavy atom. The number of hydrogen-bond donors (Lipinski definition) is 0. The molecule has 2 heterocycles. The van der Waals surface area contributed by atoms with Crippen LogP contribution in [-0.2, 0) is 9.31 Å². The number of piperidine rings is 1. The zero-order valence-corrected chi connectivity index (χ0v) is 17.7. The third kappa shape index (κ3) is 4.16. The Hall–Kier alpha value is -1.81. The van der Waals surface area contributed by atoms with Crippen LogP contribution < -0.4 is 10.2 Å². The van der Waals surface area contributed by atoms with E-state index in [1.54, 1.807) is 0 Å². The molecule has 0 saturated carbocycles. The van der Waals surface area contributed by atoms with Gasteiger partial charge in [0.2, 0.25) is 0 Å². The van der Waals surface area contributed by atoms with Gasteiger partial charge in [0.15, 0.2) is 0 Å². The highest BCUT2D eigenvalue weighted by Gasteiger charge is 2.52. The number of nitrogens with zero attached hydrogens (tertiary/aromatic N) is 1. The number of carbonyl (C=O) groups excluding carboxylic acids is 1. The van der Waals surface area contributed by atoms with Gasteiger partial charge in [-0.05, 0) is 58.1 Å². The number of hydrogen-bond acceptors (Lipinski definition) is 4. The lowest BCUT2D eigenvalue weighted by Crippen LogP contribution is -2.42. The van der Waals surface area contributed by atoms with E-state index < -0.39 is 42.1 Å². The minimum absolute atomic E-state index is 0.0114. The minimum Gasteiger partial charge on any atom is -0.496 e. The van der Waals surface area contributed by atoms with Gasteiger partial charge >= 0.3 is 13.3 Å². The van der Waals surface area contributed by atoms with E-state index in [-0.39, 0.29) is 37.2 Å². The molecule has 0 N–H and O–H groups in total. The third-order valence-corrected chi connectivity index (χ3v) is 6.28. The van der Waals surface area contributed by atoms with Gasteiger partial charge in [0, 0.05) is 13.1 Å². The predicted molar refractivity (Wildman–Crippen MR) is 103 cm³/mol. The first-order valence-electron chi connectivity index (χ1n) is 9.86. The molecule has 3 rings (SSSR count). The summed E-state index contributed by atoms with van der Waals surface area (Å²) in [6.07, 6.45) is -4.70. The number of likely N-dealkylation sites (tertiary alicyclic amines) is 1. The maximum Gasteiger partial charge on any atom is 0.495 e. The van der Waals surface area contributed by atoms with Crippen LogP contribution >= 0.6 is 0 Å². The van der Waals surface area contributed by atoms with Crippen molar-refractivity contribution in [1.29, 1.82) is 0 Å².